The molecule has 3 aromatic rings. The van der Waals surface area contributed by atoms with Crippen LogP contribution in [0.5, 0.6) is 0 Å². The van der Waals surface area contributed by atoms with Crippen molar-refractivity contribution in [2.45, 2.75) is 33.2 Å². The number of rotatable bonds is 7. The van der Waals surface area contributed by atoms with E-state index >= 15 is 0 Å². The van der Waals surface area contributed by atoms with E-state index in [1.54, 1.807) is 12.1 Å². The number of nitrogens with zero attached hydrogens (tertiary/aromatic N) is 4. The second kappa shape index (κ2) is 7.77. The lowest BCUT2D eigenvalue weighted by molar-refractivity contribution is -0.384. The highest BCUT2D eigenvalue weighted by Crippen LogP contribution is 2.25. The SMILES string of the molecule is CCCCn1c(Nc2ccc(C)cc2)nnc1-c1ccc([N+](=O)[O-])cc1. The van der Waals surface area contributed by atoms with Gasteiger partial charge in [-0.25, -0.2) is 0 Å². The minimum Gasteiger partial charge on any atom is -0.324 e. The third-order valence-corrected chi connectivity index (χ3v) is 4.13. The first-order valence-corrected chi connectivity index (χ1v) is 8.60. The van der Waals surface area contributed by atoms with Gasteiger partial charge in [-0.05, 0) is 37.6 Å². The van der Waals surface area contributed by atoms with Gasteiger partial charge in [0.1, 0.15) is 0 Å². The highest BCUT2D eigenvalue weighted by atomic mass is 16.6. The minimum absolute atomic E-state index is 0.0615. The molecule has 2 aromatic carbocycles. The quantitative estimate of drug-likeness (QED) is 0.492. The highest BCUT2D eigenvalue weighted by Gasteiger charge is 2.15. The van der Waals surface area contributed by atoms with Crippen LogP contribution < -0.4 is 5.32 Å². The van der Waals surface area contributed by atoms with Gasteiger partial charge < -0.3 is 5.32 Å². The number of anilines is 2. The summed E-state index contributed by atoms with van der Waals surface area (Å²) in [4.78, 5) is 10.4. The zero-order valence-electron chi connectivity index (χ0n) is 14.8. The molecular formula is C19H21N5O2. The number of benzene rings is 2. The number of non-ortho nitro benzene ring substituents is 1. The van der Waals surface area contributed by atoms with Gasteiger partial charge in [-0.2, -0.15) is 0 Å². The van der Waals surface area contributed by atoms with Gasteiger partial charge in [0.25, 0.3) is 5.69 Å². The first kappa shape index (κ1) is 17.6. The Bertz CT molecular complexity index is 885. The Hall–Kier alpha value is -3.22. The maximum atomic E-state index is 10.9. The lowest BCUT2D eigenvalue weighted by atomic mass is 10.2. The van der Waals surface area contributed by atoms with Gasteiger partial charge in [0.15, 0.2) is 5.82 Å². The largest absolute Gasteiger partial charge is 0.324 e. The fraction of sp³-hybridized carbons (Fsp3) is 0.263. The van der Waals surface area contributed by atoms with Gasteiger partial charge in [-0.1, -0.05) is 31.0 Å². The maximum absolute atomic E-state index is 10.9. The van der Waals surface area contributed by atoms with E-state index in [9.17, 15) is 10.1 Å². The second-order valence-electron chi connectivity index (χ2n) is 6.15. The van der Waals surface area contributed by atoms with Gasteiger partial charge >= 0.3 is 0 Å². The Morgan fingerprint density at radius 3 is 2.38 bits per heavy atom. The molecule has 1 N–H and O–H groups in total. The second-order valence-corrected chi connectivity index (χ2v) is 6.15. The molecule has 0 amide bonds. The standard InChI is InChI=1S/C19H21N5O2/c1-3-4-13-23-18(15-7-11-17(12-8-15)24(25)26)21-22-19(23)20-16-9-5-14(2)6-10-16/h5-12H,3-4,13H2,1-2H3,(H,20,22). The molecule has 0 aliphatic heterocycles. The molecule has 0 aliphatic carbocycles. The Balaban J connectivity index is 1.93. The van der Waals surface area contributed by atoms with E-state index in [2.05, 4.69) is 22.4 Å². The van der Waals surface area contributed by atoms with Crippen LogP contribution in [0.1, 0.15) is 25.3 Å². The molecule has 0 aliphatic rings. The lowest BCUT2D eigenvalue weighted by Gasteiger charge is -2.11. The fourth-order valence-corrected chi connectivity index (χ4v) is 2.64. The number of hydrogen-bond acceptors (Lipinski definition) is 5. The van der Waals surface area contributed by atoms with Gasteiger partial charge in [0, 0.05) is 29.9 Å². The first-order chi connectivity index (χ1) is 12.6. The van der Waals surface area contributed by atoms with E-state index < -0.39 is 4.92 Å². The minimum atomic E-state index is -0.407. The zero-order chi connectivity index (χ0) is 18.5. The van der Waals surface area contributed by atoms with Crippen LogP contribution in [0.3, 0.4) is 0 Å². The lowest BCUT2D eigenvalue weighted by Crippen LogP contribution is -2.06. The van der Waals surface area contributed by atoms with Crippen molar-refractivity contribution in [3.05, 3.63) is 64.2 Å². The van der Waals surface area contributed by atoms with Crippen molar-refractivity contribution < 1.29 is 4.92 Å². The molecule has 0 fully saturated rings. The van der Waals surface area contributed by atoms with Crippen molar-refractivity contribution >= 4 is 17.3 Å². The summed E-state index contributed by atoms with van der Waals surface area (Å²) < 4.78 is 2.02. The van der Waals surface area contributed by atoms with Crippen molar-refractivity contribution in [3.8, 4) is 11.4 Å². The average Bonchev–Trinajstić information content (AvgIpc) is 3.04. The molecule has 26 heavy (non-hydrogen) atoms. The monoisotopic (exact) mass is 351 g/mol. The number of nitrogens with one attached hydrogen (secondary N) is 1. The molecule has 0 atom stereocenters. The van der Waals surface area contributed by atoms with Crippen LogP contribution >= 0.6 is 0 Å². The average molecular weight is 351 g/mol. The number of nitro benzene ring substituents is 1. The molecule has 0 saturated carbocycles. The maximum Gasteiger partial charge on any atom is 0.269 e. The Morgan fingerprint density at radius 1 is 1.08 bits per heavy atom. The number of aryl methyl sites for hydroxylation is 1. The topological polar surface area (TPSA) is 85.9 Å². The van der Waals surface area contributed by atoms with Crippen LogP contribution in [0.15, 0.2) is 48.5 Å². The number of unbranched alkanes of at least 4 members (excludes halogenated alkanes) is 1. The summed E-state index contributed by atoms with van der Waals surface area (Å²) in [6.07, 6.45) is 2.03. The van der Waals surface area contributed by atoms with E-state index in [-0.39, 0.29) is 5.69 Å². The molecule has 1 aromatic heterocycles. The van der Waals surface area contributed by atoms with E-state index in [1.807, 2.05) is 35.8 Å². The molecule has 3 rings (SSSR count). The molecular weight excluding hydrogens is 330 g/mol. The molecule has 1 heterocycles. The van der Waals surface area contributed by atoms with Crippen LogP contribution in [-0.4, -0.2) is 19.7 Å². The zero-order valence-corrected chi connectivity index (χ0v) is 14.8. The molecule has 0 unspecified atom stereocenters. The molecule has 0 radical (unpaired) electrons. The van der Waals surface area contributed by atoms with E-state index in [0.717, 1.165) is 30.6 Å². The van der Waals surface area contributed by atoms with Gasteiger partial charge in [0.2, 0.25) is 5.95 Å². The van der Waals surface area contributed by atoms with Crippen molar-refractivity contribution in [2.24, 2.45) is 0 Å². The number of nitro groups is 1. The summed E-state index contributed by atoms with van der Waals surface area (Å²) in [5.41, 5.74) is 2.99. The highest BCUT2D eigenvalue weighted by molar-refractivity contribution is 5.62. The van der Waals surface area contributed by atoms with Crippen LogP contribution in [0.4, 0.5) is 17.3 Å². The Morgan fingerprint density at radius 2 is 1.77 bits per heavy atom. The number of aromatic nitrogens is 3. The normalized spacial score (nSPS) is 10.7. The molecule has 7 nitrogen and oxygen atoms in total. The van der Waals surface area contributed by atoms with Gasteiger partial charge in [-0.3, -0.25) is 14.7 Å². The van der Waals surface area contributed by atoms with Crippen LogP contribution in [0.2, 0.25) is 0 Å². The Kier molecular flexibility index (Phi) is 5.26. The summed E-state index contributed by atoms with van der Waals surface area (Å²) in [6.45, 7) is 4.94. The van der Waals surface area contributed by atoms with Gasteiger partial charge in [-0.15, -0.1) is 10.2 Å². The van der Waals surface area contributed by atoms with Crippen molar-refractivity contribution in [3.63, 3.8) is 0 Å². The van der Waals surface area contributed by atoms with Crippen molar-refractivity contribution in [1.29, 1.82) is 0 Å². The molecule has 0 bridgehead atoms. The molecule has 7 heteroatoms. The summed E-state index contributed by atoms with van der Waals surface area (Å²) in [5.74, 6) is 1.36. The smallest absolute Gasteiger partial charge is 0.269 e. The van der Waals surface area contributed by atoms with Crippen LogP contribution in [-0.2, 0) is 6.54 Å². The predicted molar refractivity (Wildman–Crippen MR) is 101 cm³/mol. The van der Waals surface area contributed by atoms with Gasteiger partial charge in [0.05, 0.1) is 4.92 Å². The molecule has 134 valence electrons. The summed E-state index contributed by atoms with van der Waals surface area (Å²) >= 11 is 0. The third-order valence-electron chi connectivity index (χ3n) is 4.13. The summed E-state index contributed by atoms with van der Waals surface area (Å²) in [7, 11) is 0. The molecule has 0 spiro atoms. The predicted octanol–water partition coefficient (Wildman–Crippen LogP) is 4.71. The summed E-state index contributed by atoms with van der Waals surface area (Å²) in [6, 6.07) is 14.5. The first-order valence-electron chi connectivity index (χ1n) is 8.60. The molecule has 0 saturated heterocycles. The van der Waals surface area contributed by atoms with Crippen LogP contribution in [0, 0.1) is 17.0 Å². The van der Waals surface area contributed by atoms with E-state index in [1.165, 1.54) is 17.7 Å². The third kappa shape index (κ3) is 3.88. The number of hydrogen-bond donors (Lipinski definition) is 1. The Labute approximate surface area is 151 Å². The van der Waals surface area contributed by atoms with E-state index in [0.29, 0.717) is 11.8 Å². The van der Waals surface area contributed by atoms with E-state index in [4.69, 9.17) is 0 Å². The van der Waals surface area contributed by atoms with Crippen molar-refractivity contribution in [1.82, 2.24) is 14.8 Å². The summed E-state index contributed by atoms with van der Waals surface area (Å²) in [5, 5.41) is 22.8. The van der Waals surface area contributed by atoms with Crippen molar-refractivity contribution in [2.75, 3.05) is 5.32 Å². The van der Waals surface area contributed by atoms with Crippen LogP contribution in [0.25, 0.3) is 11.4 Å². The fourth-order valence-electron chi connectivity index (χ4n) is 2.64.